The Morgan fingerprint density at radius 3 is 2.50 bits per heavy atom. The largest absolute Gasteiger partial charge is 0.504 e. The Morgan fingerprint density at radius 1 is 1.12 bits per heavy atom. The third-order valence-electron chi connectivity index (χ3n) is 4.30. The number of nitrogens with one attached hydrogen (secondary N) is 1. The Hall–Kier alpha value is -2.27. The number of phenolic OH excluding ortho intramolecular Hbond substituents is 1. The van der Waals surface area contributed by atoms with Gasteiger partial charge in [-0.3, -0.25) is 0 Å². The monoisotopic (exact) mass is 372 g/mol. The predicted molar refractivity (Wildman–Crippen MR) is 111 cm³/mol. The molecule has 0 atom stereocenters. The van der Waals surface area contributed by atoms with Crippen LogP contribution in [0.3, 0.4) is 0 Å². The minimum atomic E-state index is 0.162. The van der Waals surface area contributed by atoms with E-state index in [4.69, 9.17) is 17.0 Å². The molecule has 0 saturated heterocycles. The molecule has 0 aliphatic carbocycles. The Morgan fingerprint density at radius 2 is 1.85 bits per heavy atom. The molecule has 0 aromatic heterocycles. The molecule has 0 spiro atoms. The summed E-state index contributed by atoms with van der Waals surface area (Å²) >= 11 is 5.60. The van der Waals surface area contributed by atoms with Crippen molar-refractivity contribution in [2.24, 2.45) is 0 Å². The maximum Gasteiger partial charge on any atom is 0.169 e. The number of hydrogen-bond acceptors (Lipinski definition) is 3. The lowest BCUT2D eigenvalue weighted by Crippen LogP contribution is -2.45. The van der Waals surface area contributed by atoms with Gasteiger partial charge in [0.05, 0.1) is 7.11 Å². The van der Waals surface area contributed by atoms with Crippen LogP contribution in [0.2, 0.25) is 0 Å². The summed E-state index contributed by atoms with van der Waals surface area (Å²) in [4.78, 5) is 2.19. The van der Waals surface area contributed by atoms with Gasteiger partial charge >= 0.3 is 0 Å². The fourth-order valence-electron chi connectivity index (χ4n) is 2.78. The highest BCUT2D eigenvalue weighted by molar-refractivity contribution is 7.80. The molecule has 0 aliphatic heterocycles. The van der Waals surface area contributed by atoms with E-state index in [9.17, 15) is 5.11 Å². The summed E-state index contributed by atoms with van der Waals surface area (Å²) in [6.07, 6.45) is 1.78. The van der Waals surface area contributed by atoms with Crippen LogP contribution in [0.1, 0.15) is 25.0 Å². The van der Waals surface area contributed by atoms with Gasteiger partial charge in [0.1, 0.15) is 0 Å². The van der Waals surface area contributed by atoms with Crippen molar-refractivity contribution in [2.45, 2.75) is 32.7 Å². The molecule has 0 radical (unpaired) electrons. The SMILES string of the molecule is COc1cc(CCN(C(=S)NCCc2ccccc2)C(C)C)ccc1O. The fraction of sp³-hybridized carbons (Fsp3) is 0.381. The topological polar surface area (TPSA) is 44.7 Å². The summed E-state index contributed by atoms with van der Waals surface area (Å²) in [6.45, 7) is 5.91. The average Bonchev–Trinajstić information content (AvgIpc) is 2.63. The third-order valence-corrected chi connectivity index (χ3v) is 4.68. The zero-order valence-corrected chi connectivity index (χ0v) is 16.6. The minimum Gasteiger partial charge on any atom is -0.504 e. The first-order chi connectivity index (χ1) is 12.5. The van der Waals surface area contributed by atoms with Gasteiger partial charge in [-0.2, -0.15) is 0 Å². The lowest BCUT2D eigenvalue weighted by molar-refractivity contribution is 0.347. The van der Waals surface area contributed by atoms with Crippen molar-refractivity contribution in [1.29, 1.82) is 0 Å². The first-order valence-electron chi connectivity index (χ1n) is 8.95. The van der Waals surface area contributed by atoms with E-state index in [2.05, 4.69) is 48.3 Å². The number of ether oxygens (including phenoxy) is 1. The van der Waals surface area contributed by atoms with E-state index in [1.54, 1.807) is 13.2 Å². The van der Waals surface area contributed by atoms with E-state index in [1.807, 2.05) is 18.2 Å². The van der Waals surface area contributed by atoms with Gasteiger partial charge in [-0.1, -0.05) is 36.4 Å². The van der Waals surface area contributed by atoms with Crippen LogP contribution in [0.4, 0.5) is 0 Å². The van der Waals surface area contributed by atoms with Crippen molar-refractivity contribution in [3.8, 4) is 11.5 Å². The van der Waals surface area contributed by atoms with Crippen molar-refractivity contribution in [1.82, 2.24) is 10.2 Å². The molecule has 26 heavy (non-hydrogen) atoms. The maximum absolute atomic E-state index is 9.71. The molecule has 0 heterocycles. The quantitative estimate of drug-likeness (QED) is 0.691. The van der Waals surface area contributed by atoms with Crippen molar-refractivity contribution in [2.75, 3.05) is 20.2 Å². The minimum absolute atomic E-state index is 0.162. The highest BCUT2D eigenvalue weighted by atomic mass is 32.1. The summed E-state index contributed by atoms with van der Waals surface area (Å²) < 4.78 is 5.18. The van der Waals surface area contributed by atoms with Gasteiger partial charge in [-0.25, -0.2) is 0 Å². The van der Waals surface area contributed by atoms with Gasteiger partial charge in [0.15, 0.2) is 16.6 Å². The van der Waals surface area contributed by atoms with Gasteiger partial charge in [-0.15, -0.1) is 0 Å². The summed E-state index contributed by atoms with van der Waals surface area (Å²) in [5.41, 5.74) is 2.41. The number of nitrogens with zero attached hydrogens (tertiary/aromatic N) is 1. The molecule has 2 aromatic carbocycles. The average molecular weight is 373 g/mol. The molecule has 2 aromatic rings. The Balaban J connectivity index is 1.88. The van der Waals surface area contributed by atoms with E-state index in [0.717, 1.165) is 36.6 Å². The highest BCUT2D eigenvalue weighted by Crippen LogP contribution is 2.26. The summed E-state index contributed by atoms with van der Waals surface area (Å²) in [6, 6.07) is 16.2. The van der Waals surface area contributed by atoms with Crippen molar-refractivity contribution in [3.63, 3.8) is 0 Å². The van der Waals surface area contributed by atoms with E-state index < -0.39 is 0 Å². The molecule has 0 amide bonds. The molecule has 0 fully saturated rings. The van der Waals surface area contributed by atoms with Crippen LogP contribution >= 0.6 is 12.2 Å². The first kappa shape index (κ1) is 20.0. The number of aromatic hydroxyl groups is 1. The molecule has 140 valence electrons. The van der Waals surface area contributed by atoms with Crippen LogP contribution in [0.25, 0.3) is 0 Å². The summed E-state index contributed by atoms with van der Waals surface area (Å²) in [7, 11) is 1.56. The van der Waals surface area contributed by atoms with Crippen molar-refractivity contribution in [3.05, 3.63) is 59.7 Å². The number of benzene rings is 2. The second kappa shape index (κ2) is 10.0. The molecule has 0 bridgehead atoms. The molecule has 4 nitrogen and oxygen atoms in total. The van der Waals surface area contributed by atoms with Gasteiger partial charge in [0, 0.05) is 19.1 Å². The summed E-state index contributed by atoms with van der Waals surface area (Å²) in [5, 5.41) is 13.9. The van der Waals surface area contributed by atoms with Crippen LogP contribution in [0, 0.1) is 0 Å². The van der Waals surface area contributed by atoms with Crippen molar-refractivity contribution < 1.29 is 9.84 Å². The molecular weight excluding hydrogens is 344 g/mol. The number of thiocarbonyl (C=S) groups is 1. The second-order valence-electron chi connectivity index (χ2n) is 6.51. The zero-order chi connectivity index (χ0) is 18.9. The van der Waals surface area contributed by atoms with Crippen LogP contribution in [-0.2, 0) is 12.8 Å². The molecule has 0 unspecified atom stereocenters. The normalized spacial score (nSPS) is 10.6. The second-order valence-corrected chi connectivity index (χ2v) is 6.90. The van der Waals surface area contributed by atoms with Crippen LogP contribution in [0.15, 0.2) is 48.5 Å². The first-order valence-corrected chi connectivity index (χ1v) is 9.36. The maximum atomic E-state index is 9.71. The van der Waals surface area contributed by atoms with Gasteiger partial charge < -0.3 is 20.1 Å². The number of methoxy groups -OCH3 is 1. The molecule has 5 heteroatoms. The number of rotatable bonds is 8. The molecular formula is C21H28N2O2S. The highest BCUT2D eigenvalue weighted by Gasteiger charge is 2.13. The van der Waals surface area contributed by atoms with E-state index >= 15 is 0 Å². The lowest BCUT2D eigenvalue weighted by atomic mass is 10.1. The van der Waals surface area contributed by atoms with E-state index in [-0.39, 0.29) is 5.75 Å². The fourth-order valence-corrected chi connectivity index (χ4v) is 3.19. The molecule has 0 aliphatic rings. The smallest absolute Gasteiger partial charge is 0.169 e. The lowest BCUT2D eigenvalue weighted by Gasteiger charge is -2.30. The third kappa shape index (κ3) is 5.92. The Kier molecular flexibility index (Phi) is 7.73. The van der Waals surface area contributed by atoms with Crippen LogP contribution in [-0.4, -0.2) is 41.4 Å². The number of hydrogen-bond donors (Lipinski definition) is 2. The van der Waals surface area contributed by atoms with Crippen LogP contribution < -0.4 is 10.1 Å². The standard InChI is InChI=1S/C21H28N2O2S/c1-16(2)23(14-12-18-9-10-19(24)20(15-18)25-3)21(26)22-13-11-17-7-5-4-6-8-17/h4-10,15-16,24H,11-14H2,1-3H3,(H,22,26). The Bertz CT molecular complexity index is 704. The van der Waals surface area contributed by atoms with Crippen molar-refractivity contribution >= 4 is 17.3 Å². The van der Waals surface area contributed by atoms with E-state index in [0.29, 0.717) is 11.8 Å². The predicted octanol–water partition coefficient (Wildman–Crippen LogP) is 3.77. The van der Waals surface area contributed by atoms with Gasteiger partial charge in [0.25, 0.3) is 0 Å². The van der Waals surface area contributed by atoms with Gasteiger partial charge in [-0.05, 0) is 62.2 Å². The molecule has 2 N–H and O–H groups in total. The van der Waals surface area contributed by atoms with E-state index in [1.165, 1.54) is 5.56 Å². The Labute approximate surface area is 161 Å². The van der Waals surface area contributed by atoms with Gasteiger partial charge in [0.2, 0.25) is 0 Å². The number of phenols is 1. The molecule has 2 rings (SSSR count). The zero-order valence-electron chi connectivity index (χ0n) is 15.7. The van der Waals surface area contributed by atoms with Crippen LogP contribution in [0.5, 0.6) is 11.5 Å². The molecule has 0 saturated carbocycles. The summed E-state index contributed by atoms with van der Waals surface area (Å²) in [5.74, 6) is 0.664.